The summed E-state index contributed by atoms with van der Waals surface area (Å²) in [5, 5.41) is 18.2. The number of piperidine rings is 1. The van der Waals surface area contributed by atoms with Crippen LogP contribution >= 0.6 is 0 Å². The first-order valence-corrected chi connectivity index (χ1v) is 13.0. The molecule has 6 N–H and O–H groups in total. The largest absolute Gasteiger partial charge is 0.404 e. The maximum Gasteiger partial charge on any atom is 0.258 e. The van der Waals surface area contributed by atoms with Crippen LogP contribution in [0.4, 0.5) is 32.8 Å². The van der Waals surface area contributed by atoms with Gasteiger partial charge in [-0.05, 0) is 86.5 Å². The van der Waals surface area contributed by atoms with E-state index in [1.54, 1.807) is 56.4 Å². The van der Waals surface area contributed by atoms with Crippen LogP contribution in [0.5, 0.6) is 0 Å². The number of carbonyl (C=O) groups is 2. The summed E-state index contributed by atoms with van der Waals surface area (Å²) in [6.45, 7) is 3.24. The Morgan fingerprint density at radius 3 is 2.20 bits per heavy atom. The Bertz CT molecular complexity index is 1410. The predicted octanol–water partition coefficient (Wildman–Crippen LogP) is 4.65. The molecule has 1 saturated heterocycles. The number of carbonyl (C=O) groups excluding carboxylic acids is 2. The van der Waals surface area contributed by atoms with Crippen molar-refractivity contribution in [3.05, 3.63) is 89.9 Å². The van der Waals surface area contributed by atoms with Gasteiger partial charge >= 0.3 is 0 Å². The van der Waals surface area contributed by atoms with E-state index in [0.717, 1.165) is 37.8 Å². The fourth-order valence-electron chi connectivity index (χ4n) is 4.32. The molecule has 0 atom stereocenters. The van der Waals surface area contributed by atoms with E-state index >= 15 is 0 Å². The summed E-state index contributed by atoms with van der Waals surface area (Å²) in [5.74, 6) is -1.28. The van der Waals surface area contributed by atoms with Gasteiger partial charge < -0.3 is 31.7 Å². The van der Waals surface area contributed by atoms with E-state index < -0.39 is 11.7 Å². The maximum absolute atomic E-state index is 14.7. The zero-order valence-corrected chi connectivity index (χ0v) is 22.4. The Hall–Kier alpha value is -4.70. The first kappa shape index (κ1) is 28.3. The second kappa shape index (κ2) is 12.9. The molecular weight excluding hydrogens is 511 g/mol. The van der Waals surface area contributed by atoms with Crippen molar-refractivity contribution in [2.75, 3.05) is 41.0 Å². The van der Waals surface area contributed by atoms with Gasteiger partial charge in [-0.1, -0.05) is 0 Å². The third-order valence-electron chi connectivity index (χ3n) is 6.74. The number of halogens is 1. The smallest absolute Gasteiger partial charge is 0.258 e. The van der Waals surface area contributed by atoms with Gasteiger partial charge in [0.25, 0.3) is 11.8 Å². The zero-order valence-electron chi connectivity index (χ0n) is 22.4. The molecule has 3 aromatic rings. The number of hydrogen-bond donors (Lipinski definition) is 5. The number of aliphatic hydroxyl groups is 1. The highest BCUT2D eigenvalue weighted by Gasteiger charge is 2.18. The van der Waals surface area contributed by atoms with Crippen LogP contribution in [-0.2, 0) is 4.79 Å². The molecule has 2 amide bonds. The zero-order chi connectivity index (χ0) is 28.6. The van der Waals surface area contributed by atoms with Gasteiger partial charge in [0.2, 0.25) is 0 Å². The Labute approximate surface area is 232 Å². The minimum absolute atomic E-state index is 0.202. The summed E-state index contributed by atoms with van der Waals surface area (Å²) in [7, 11) is 1.55. The molecule has 1 fully saturated rings. The lowest BCUT2D eigenvalue weighted by molar-refractivity contribution is -0.112. The van der Waals surface area contributed by atoms with Crippen LogP contribution in [0.3, 0.4) is 0 Å². The van der Waals surface area contributed by atoms with Crippen LogP contribution in [-0.4, -0.2) is 48.9 Å². The Morgan fingerprint density at radius 1 is 0.975 bits per heavy atom. The molecule has 40 heavy (non-hydrogen) atoms. The molecule has 9 nitrogen and oxygen atoms in total. The number of nitrogens with zero attached hydrogens (tertiary/aromatic N) is 2. The molecule has 0 radical (unpaired) electrons. The number of nitrogens with one attached hydrogen (secondary N) is 3. The van der Waals surface area contributed by atoms with Crippen LogP contribution < -0.4 is 26.6 Å². The summed E-state index contributed by atoms with van der Waals surface area (Å²) in [6.07, 6.45) is 2.41. The van der Waals surface area contributed by atoms with Crippen molar-refractivity contribution in [3.8, 4) is 0 Å². The summed E-state index contributed by atoms with van der Waals surface area (Å²) in [5.41, 5.74) is 9.46. The first-order valence-electron chi connectivity index (χ1n) is 13.0. The molecule has 0 saturated carbocycles. The van der Waals surface area contributed by atoms with Gasteiger partial charge in [-0.25, -0.2) is 4.39 Å². The fraction of sp³-hybridized carbons (Fsp3) is 0.233. The van der Waals surface area contributed by atoms with Gasteiger partial charge in [0.15, 0.2) is 0 Å². The van der Waals surface area contributed by atoms with E-state index in [-0.39, 0.29) is 29.0 Å². The Morgan fingerprint density at radius 2 is 1.60 bits per heavy atom. The number of anilines is 5. The minimum Gasteiger partial charge on any atom is -0.404 e. The quantitative estimate of drug-likeness (QED) is 0.207. The van der Waals surface area contributed by atoms with Crippen molar-refractivity contribution in [2.45, 2.75) is 25.9 Å². The van der Waals surface area contributed by atoms with Crippen LogP contribution in [0.2, 0.25) is 0 Å². The average Bonchev–Trinajstić information content (AvgIpc) is 2.96. The van der Waals surface area contributed by atoms with Gasteiger partial charge in [0, 0.05) is 60.4 Å². The highest BCUT2D eigenvalue weighted by atomic mass is 19.1. The first-order chi connectivity index (χ1) is 19.3. The second-order valence-corrected chi connectivity index (χ2v) is 9.46. The van der Waals surface area contributed by atoms with E-state index in [9.17, 15) is 19.1 Å². The SMILES string of the molecule is CN=C(C)C(=CN)C(=O)Nc1ccc(Nc2ccc(NC(=O)c3ccc(N4CCC(O)CC4)cc3)cc2)c(F)c1. The summed E-state index contributed by atoms with van der Waals surface area (Å²) < 4.78 is 14.7. The Kier molecular flexibility index (Phi) is 9.13. The number of aliphatic imine (C=N–C) groups is 1. The normalized spacial score (nSPS) is 14.6. The summed E-state index contributed by atoms with van der Waals surface area (Å²) in [4.78, 5) is 31.3. The van der Waals surface area contributed by atoms with Gasteiger partial charge in [0.1, 0.15) is 5.82 Å². The number of rotatable bonds is 8. The number of hydrogen-bond acceptors (Lipinski definition) is 7. The van der Waals surface area contributed by atoms with Gasteiger partial charge in [-0.2, -0.15) is 0 Å². The van der Waals surface area contributed by atoms with Crippen LogP contribution in [0.25, 0.3) is 0 Å². The molecule has 4 rings (SSSR count). The molecule has 0 aromatic heterocycles. The predicted molar refractivity (Wildman–Crippen MR) is 158 cm³/mol. The van der Waals surface area contributed by atoms with E-state index in [1.165, 1.54) is 12.1 Å². The molecule has 0 bridgehead atoms. The van der Waals surface area contributed by atoms with Crippen LogP contribution in [0, 0.1) is 5.82 Å². The van der Waals surface area contributed by atoms with E-state index in [4.69, 9.17) is 5.73 Å². The van der Waals surface area contributed by atoms with Crippen molar-refractivity contribution >= 4 is 46.0 Å². The number of aliphatic hydroxyl groups excluding tert-OH is 1. The summed E-state index contributed by atoms with van der Waals surface area (Å²) in [6, 6.07) is 18.6. The number of benzene rings is 3. The maximum atomic E-state index is 14.7. The topological polar surface area (TPSA) is 132 Å². The van der Waals surface area contributed by atoms with Crippen molar-refractivity contribution in [2.24, 2.45) is 10.7 Å². The second-order valence-electron chi connectivity index (χ2n) is 9.46. The molecule has 0 aliphatic carbocycles. The van der Waals surface area contributed by atoms with E-state index in [0.29, 0.717) is 22.6 Å². The Balaban J connectivity index is 1.33. The molecule has 1 heterocycles. The molecular formula is C30H33FN6O3. The van der Waals surface area contributed by atoms with Crippen molar-refractivity contribution in [1.82, 2.24) is 0 Å². The average molecular weight is 545 g/mol. The molecule has 0 spiro atoms. The third kappa shape index (κ3) is 7.03. The van der Waals surface area contributed by atoms with Gasteiger partial charge in [-0.3, -0.25) is 14.6 Å². The van der Waals surface area contributed by atoms with E-state index in [1.807, 2.05) is 12.1 Å². The van der Waals surface area contributed by atoms with Crippen molar-refractivity contribution in [3.63, 3.8) is 0 Å². The molecule has 208 valence electrons. The highest BCUT2D eigenvalue weighted by molar-refractivity contribution is 6.24. The van der Waals surface area contributed by atoms with Gasteiger partial charge in [0.05, 0.1) is 17.4 Å². The molecule has 1 aliphatic rings. The van der Waals surface area contributed by atoms with Crippen LogP contribution in [0.1, 0.15) is 30.1 Å². The highest BCUT2D eigenvalue weighted by Crippen LogP contribution is 2.25. The lowest BCUT2D eigenvalue weighted by atomic mass is 10.1. The molecule has 1 aliphatic heterocycles. The molecule has 10 heteroatoms. The number of amides is 2. The van der Waals surface area contributed by atoms with Crippen molar-refractivity contribution < 1.29 is 19.1 Å². The number of nitrogens with two attached hydrogens (primary N) is 1. The lowest BCUT2D eigenvalue weighted by Crippen LogP contribution is -2.35. The minimum atomic E-state index is -0.557. The third-order valence-corrected chi connectivity index (χ3v) is 6.74. The van der Waals surface area contributed by atoms with E-state index in [2.05, 4.69) is 25.8 Å². The standard InChI is InChI=1S/C30H33FN6O3/c1-19(33-2)26(18-32)30(40)36-23-9-12-28(27(31)17-23)34-21-5-7-22(8-6-21)35-29(39)20-3-10-24(11-4-20)37-15-13-25(38)14-16-37/h3-12,17-18,25,34,38H,13-16,32H2,1-2H3,(H,35,39)(H,36,40). The monoisotopic (exact) mass is 544 g/mol. The molecule has 0 unspecified atom stereocenters. The van der Waals surface area contributed by atoms with Crippen molar-refractivity contribution in [1.29, 1.82) is 0 Å². The fourth-order valence-corrected chi connectivity index (χ4v) is 4.32. The van der Waals surface area contributed by atoms with Gasteiger partial charge in [-0.15, -0.1) is 0 Å². The summed E-state index contributed by atoms with van der Waals surface area (Å²) >= 11 is 0. The van der Waals surface area contributed by atoms with Crippen LogP contribution in [0.15, 0.2) is 83.5 Å². The molecule has 3 aromatic carbocycles. The lowest BCUT2D eigenvalue weighted by Gasteiger charge is -2.31.